The average Bonchev–Trinajstić information content (AvgIpc) is 2.05. The van der Waals surface area contributed by atoms with Crippen LogP contribution < -0.4 is 5.32 Å². The minimum atomic E-state index is -0.358. The topological polar surface area (TPSA) is 55.4 Å². The van der Waals surface area contributed by atoms with Gasteiger partial charge in [-0.1, -0.05) is 0 Å². The largest absolute Gasteiger partial charge is 0.465 e. The fourth-order valence-corrected chi connectivity index (χ4v) is 0.970. The van der Waals surface area contributed by atoms with Gasteiger partial charge in [0, 0.05) is 6.42 Å². The zero-order valence-corrected chi connectivity index (χ0v) is 8.42. The molecule has 0 saturated heterocycles. The molecule has 0 aromatic rings. The van der Waals surface area contributed by atoms with Crippen LogP contribution >= 0.6 is 0 Å². The first kappa shape index (κ1) is 12.1. The monoisotopic (exact) mass is 187 g/mol. The molecule has 13 heavy (non-hydrogen) atoms. The lowest BCUT2D eigenvalue weighted by Gasteiger charge is -2.13. The molecule has 1 N–H and O–H groups in total. The Morgan fingerprint density at radius 2 is 2.08 bits per heavy atom. The highest BCUT2D eigenvalue weighted by atomic mass is 16.5. The van der Waals surface area contributed by atoms with Crippen LogP contribution in [0.25, 0.3) is 0 Å². The first-order valence-corrected chi connectivity index (χ1v) is 4.45. The predicted molar refractivity (Wildman–Crippen MR) is 49.4 cm³/mol. The second-order valence-corrected chi connectivity index (χ2v) is 2.83. The molecule has 4 nitrogen and oxygen atoms in total. The average molecular weight is 187 g/mol. The lowest BCUT2D eigenvalue weighted by atomic mass is 10.1. The van der Waals surface area contributed by atoms with E-state index in [4.69, 9.17) is 4.74 Å². The van der Waals surface area contributed by atoms with Crippen molar-refractivity contribution in [3.8, 4) is 0 Å². The number of carbonyl (C=O) groups is 2. The Labute approximate surface area is 78.6 Å². The van der Waals surface area contributed by atoms with Crippen LogP contribution in [0.3, 0.4) is 0 Å². The van der Waals surface area contributed by atoms with Crippen molar-refractivity contribution in [3.63, 3.8) is 0 Å². The van der Waals surface area contributed by atoms with Crippen molar-refractivity contribution >= 4 is 11.8 Å². The second-order valence-electron chi connectivity index (χ2n) is 2.83. The van der Waals surface area contributed by atoms with Gasteiger partial charge in [-0.05, 0) is 27.3 Å². The molecule has 1 atom stereocenters. The lowest BCUT2D eigenvalue weighted by Crippen LogP contribution is -2.35. The van der Waals surface area contributed by atoms with Crippen LogP contribution in [0.4, 0.5) is 0 Å². The van der Waals surface area contributed by atoms with Crippen LogP contribution in [0, 0.1) is 0 Å². The number of Topliss-reactive ketones (excluding diaryl/α,β-unsaturated/α-hetero) is 1. The maximum absolute atomic E-state index is 11.2. The van der Waals surface area contributed by atoms with Crippen LogP contribution in [0.5, 0.6) is 0 Å². The van der Waals surface area contributed by atoms with Gasteiger partial charge in [0.25, 0.3) is 0 Å². The Bertz CT molecular complexity index is 180. The van der Waals surface area contributed by atoms with Crippen LogP contribution in [-0.4, -0.2) is 31.4 Å². The fraction of sp³-hybridized carbons (Fsp3) is 0.778. The molecule has 0 aromatic carbocycles. The van der Waals surface area contributed by atoms with Crippen molar-refractivity contribution in [2.75, 3.05) is 13.7 Å². The number of esters is 1. The van der Waals surface area contributed by atoms with Gasteiger partial charge in [-0.25, -0.2) is 0 Å². The molecule has 0 saturated carbocycles. The Balaban J connectivity index is 3.87. The van der Waals surface area contributed by atoms with Gasteiger partial charge in [0.05, 0.1) is 6.61 Å². The normalized spacial score (nSPS) is 12.2. The highest BCUT2D eigenvalue weighted by Crippen LogP contribution is 2.00. The molecule has 0 bridgehead atoms. The van der Waals surface area contributed by atoms with Crippen LogP contribution in [-0.2, 0) is 14.3 Å². The van der Waals surface area contributed by atoms with Gasteiger partial charge in [-0.3, -0.25) is 4.79 Å². The van der Waals surface area contributed by atoms with Crippen molar-refractivity contribution in [2.45, 2.75) is 32.7 Å². The summed E-state index contributed by atoms with van der Waals surface area (Å²) >= 11 is 0. The number of ether oxygens (including phenoxy) is 1. The summed E-state index contributed by atoms with van der Waals surface area (Å²) in [6.45, 7) is 3.64. The van der Waals surface area contributed by atoms with Crippen molar-refractivity contribution < 1.29 is 14.3 Å². The SMILES string of the molecule is CCOC(=O)C(CCC(C)=O)NC. The summed E-state index contributed by atoms with van der Waals surface area (Å²) in [5.41, 5.74) is 0. The Morgan fingerprint density at radius 3 is 2.46 bits per heavy atom. The van der Waals surface area contributed by atoms with Crippen LogP contribution in [0.1, 0.15) is 26.7 Å². The smallest absolute Gasteiger partial charge is 0.323 e. The molecule has 0 spiro atoms. The van der Waals surface area contributed by atoms with E-state index in [1.54, 1.807) is 14.0 Å². The third-order valence-corrected chi connectivity index (χ3v) is 1.70. The molecule has 0 aliphatic carbocycles. The molecule has 0 amide bonds. The van der Waals surface area contributed by atoms with E-state index in [-0.39, 0.29) is 17.8 Å². The molecule has 0 heterocycles. The first-order chi connectivity index (χ1) is 6.11. The van der Waals surface area contributed by atoms with Gasteiger partial charge in [-0.15, -0.1) is 0 Å². The highest BCUT2D eigenvalue weighted by Gasteiger charge is 2.17. The number of nitrogens with one attached hydrogen (secondary N) is 1. The summed E-state index contributed by atoms with van der Waals surface area (Å²) in [6.07, 6.45) is 0.912. The van der Waals surface area contributed by atoms with Crippen LogP contribution in [0.2, 0.25) is 0 Å². The van der Waals surface area contributed by atoms with Gasteiger partial charge in [0.2, 0.25) is 0 Å². The quantitative estimate of drug-likeness (QED) is 0.615. The van der Waals surface area contributed by atoms with Gasteiger partial charge in [0.15, 0.2) is 0 Å². The minimum absolute atomic E-state index is 0.0875. The summed E-state index contributed by atoms with van der Waals surface area (Å²) in [6, 6.07) is -0.358. The molecular formula is C9H17NO3. The van der Waals surface area contributed by atoms with Crippen molar-refractivity contribution in [1.29, 1.82) is 0 Å². The molecule has 0 rings (SSSR count). The second kappa shape index (κ2) is 6.60. The number of hydrogen-bond acceptors (Lipinski definition) is 4. The standard InChI is InChI=1S/C9H17NO3/c1-4-13-9(12)8(10-3)6-5-7(2)11/h8,10H,4-6H2,1-3H3. The number of hydrogen-bond donors (Lipinski definition) is 1. The van der Waals surface area contributed by atoms with Crippen LogP contribution in [0.15, 0.2) is 0 Å². The van der Waals surface area contributed by atoms with Crippen molar-refractivity contribution in [3.05, 3.63) is 0 Å². The number of likely N-dealkylation sites (N-methyl/N-ethyl adjacent to an activating group) is 1. The van der Waals surface area contributed by atoms with E-state index in [1.165, 1.54) is 6.92 Å². The van der Waals surface area contributed by atoms with Gasteiger partial charge < -0.3 is 14.8 Å². The summed E-state index contributed by atoms with van der Waals surface area (Å²) in [5, 5.41) is 2.82. The molecule has 0 radical (unpaired) electrons. The van der Waals surface area contributed by atoms with E-state index in [0.717, 1.165) is 0 Å². The summed E-state index contributed by atoms with van der Waals surface area (Å²) < 4.78 is 4.81. The van der Waals surface area contributed by atoms with E-state index >= 15 is 0 Å². The van der Waals surface area contributed by atoms with Gasteiger partial charge in [0.1, 0.15) is 11.8 Å². The van der Waals surface area contributed by atoms with E-state index in [0.29, 0.717) is 19.4 Å². The Hall–Kier alpha value is -0.900. The van der Waals surface area contributed by atoms with E-state index in [2.05, 4.69) is 5.32 Å². The zero-order chi connectivity index (χ0) is 10.3. The molecule has 0 aromatic heterocycles. The Morgan fingerprint density at radius 1 is 1.46 bits per heavy atom. The lowest BCUT2D eigenvalue weighted by molar-refractivity contribution is -0.145. The Kier molecular flexibility index (Phi) is 6.14. The highest BCUT2D eigenvalue weighted by molar-refractivity contribution is 5.79. The predicted octanol–water partition coefficient (Wildman–Crippen LogP) is 0.507. The zero-order valence-electron chi connectivity index (χ0n) is 8.42. The van der Waals surface area contributed by atoms with E-state index < -0.39 is 0 Å². The summed E-state index contributed by atoms with van der Waals surface area (Å²) in [7, 11) is 1.68. The molecule has 4 heteroatoms. The molecule has 0 aliphatic rings. The maximum atomic E-state index is 11.2. The molecule has 1 unspecified atom stereocenters. The molecule has 0 aliphatic heterocycles. The van der Waals surface area contributed by atoms with Gasteiger partial charge in [-0.2, -0.15) is 0 Å². The maximum Gasteiger partial charge on any atom is 0.323 e. The number of carbonyl (C=O) groups excluding carboxylic acids is 2. The fourth-order valence-electron chi connectivity index (χ4n) is 0.970. The first-order valence-electron chi connectivity index (χ1n) is 4.45. The summed E-state index contributed by atoms with van der Waals surface area (Å²) in [5.74, 6) is -0.198. The van der Waals surface area contributed by atoms with E-state index in [9.17, 15) is 9.59 Å². The minimum Gasteiger partial charge on any atom is -0.465 e. The molecule has 0 fully saturated rings. The van der Waals surface area contributed by atoms with Crippen molar-refractivity contribution in [2.24, 2.45) is 0 Å². The van der Waals surface area contributed by atoms with Crippen molar-refractivity contribution in [1.82, 2.24) is 5.32 Å². The molecule has 76 valence electrons. The third-order valence-electron chi connectivity index (χ3n) is 1.70. The van der Waals surface area contributed by atoms with E-state index in [1.807, 2.05) is 0 Å². The number of ketones is 1. The number of rotatable bonds is 6. The van der Waals surface area contributed by atoms with Gasteiger partial charge >= 0.3 is 5.97 Å². The summed E-state index contributed by atoms with van der Waals surface area (Å²) in [4.78, 5) is 21.9. The molecular weight excluding hydrogens is 170 g/mol. The third kappa shape index (κ3) is 5.36.